The maximum absolute atomic E-state index is 13.4. The van der Waals surface area contributed by atoms with Gasteiger partial charge in [-0.1, -0.05) is 175 Å². The van der Waals surface area contributed by atoms with Crippen molar-refractivity contribution in [3.8, 4) is 56.3 Å². The van der Waals surface area contributed by atoms with E-state index in [2.05, 4.69) is 76.4 Å². The van der Waals surface area contributed by atoms with Crippen LogP contribution in [0.2, 0.25) is 0 Å². The van der Waals surface area contributed by atoms with Crippen LogP contribution in [0.1, 0.15) is 31.2 Å². The van der Waals surface area contributed by atoms with Crippen LogP contribution in [0.15, 0.2) is 353 Å². The number of nitrogens with two attached hydrogens (primary N) is 5. The van der Waals surface area contributed by atoms with Crippen LogP contribution in [0.25, 0.3) is 111 Å². The third-order valence-corrected chi connectivity index (χ3v) is 31.4. The Hall–Kier alpha value is -17.0. The number of fused-ring (bicyclic) bond motifs is 5. The number of nitrogen functional groups attached to an aromatic ring is 5. The second-order valence-electron chi connectivity index (χ2n) is 32.4. The molecule has 35 nitrogen and oxygen atoms in total. The molecular weight excluding hydrogens is 1870 g/mol. The number of aryl methyl sites for hydroxylation is 1. The standard InChI is InChI=1S/C22H21N5O2S.C21H19N5O2S.3C19H17N5O2S/c1-14-6-10-16(11-7-14)30(28,29)27-13-18(17-4-2-3-5-20(17)27)19-12-21(24-15-8-9-15)26-22(23)25-19;22-21-24-18(12-20(25-21)23-14-10-11-14)17-13-26(19-9-5-4-8-16(17)19)29(27,28)15-6-2-1-3-7-15;2*1-21-18-11-16(22-19(20)23-18)15-12-24(17-10-6-5-9-14(15)17)27(25,26)13-7-3-2-4-8-13;1-21-18-12-16(22-19(20)23-18)14-8-5-9-17-15(14)10-11-24(17)27(25,26)13-6-3-2-4-7-13/h2-7,10-13,15H,8-9H2,1H3,(H3,23,24,25,26);1-9,12-14H,10-11H2,(H3,22,23,24,25);3*2-12H,1H3,(H3,20,21,22,23). The first-order chi connectivity index (χ1) is 67.4. The summed E-state index contributed by atoms with van der Waals surface area (Å²) in [5.74, 6) is 3.66. The lowest BCUT2D eigenvalue weighted by Gasteiger charge is -2.09. The maximum Gasteiger partial charge on any atom is 0.268 e. The third kappa shape index (κ3) is 19.4. The van der Waals surface area contributed by atoms with E-state index < -0.39 is 50.1 Å². The zero-order valence-electron chi connectivity index (χ0n) is 75.4. The largest absolute Gasteiger partial charge is 0.373 e. The van der Waals surface area contributed by atoms with E-state index in [4.69, 9.17) is 28.7 Å². The summed E-state index contributed by atoms with van der Waals surface area (Å²) in [6.45, 7) is 1.92. The molecule has 2 fully saturated rings. The minimum absolute atomic E-state index is 0.111. The van der Waals surface area contributed by atoms with Crippen molar-refractivity contribution in [3.05, 3.63) is 334 Å². The van der Waals surface area contributed by atoms with Crippen molar-refractivity contribution < 1.29 is 42.1 Å². The summed E-state index contributed by atoms with van der Waals surface area (Å²) in [6, 6.07) is 86.4. The van der Waals surface area contributed by atoms with Gasteiger partial charge in [-0.3, -0.25) is 0 Å². The smallest absolute Gasteiger partial charge is 0.268 e. The van der Waals surface area contributed by atoms with Crippen LogP contribution >= 0.6 is 0 Å². The molecule has 0 aliphatic heterocycles. The van der Waals surface area contributed by atoms with E-state index in [1.165, 1.54) is 19.9 Å². The van der Waals surface area contributed by atoms with Crippen molar-refractivity contribution in [1.82, 2.24) is 69.7 Å². The van der Waals surface area contributed by atoms with Gasteiger partial charge in [0, 0.05) is 149 Å². The topological polar surface area (TPSA) is 514 Å². The Kier molecular flexibility index (Phi) is 25.8. The molecule has 0 atom stereocenters. The Balaban J connectivity index is 0.000000116. The minimum Gasteiger partial charge on any atom is -0.373 e. The molecule has 0 saturated heterocycles. The van der Waals surface area contributed by atoms with E-state index in [9.17, 15) is 42.1 Å². The molecule has 10 aromatic heterocycles. The van der Waals surface area contributed by atoms with Crippen LogP contribution in [0.3, 0.4) is 0 Å². The van der Waals surface area contributed by atoms with Crippen molar-refractivity contribution in [2.45, 2.75) is 69.2 Å². The molecule has 10 heterocycles. The van der Waals surface area contributed by atoms with E-state index in [0.29, 0.717) is 119 Å². The van der Waals surface area contributed by atoms with E-state index in [0.717, 1.165) is 63.7 Å². The van der Waals surface area contributed by atoms with Gasteiger partial charge in [-0.25, -0.2) is 86.9 Å². The molecule has 2 aliphatic rings. The molecular formula is C100H91N25O10S5. The second-order valence-corrected chi connectivity index (χ2v) is 41.5. The first kappa shape index (κ1) is 93.5. The summed E-state index contributed by atoms with van der Waals surface area (Å²) in [5, 5.41) is 19.3. The fourth-order valence-corrected chi connectivity index (χ4v) is 22.8. The first-order valence-electron chi connectivity index (χ1n) is 43.8. The van der Waals surface area contributed by atoms with Gasteiger partial charge in [0.25, 0.3) is 50.1 Å². The zero-order chi connectivity index (χ0) is 97.9. The Morgan fingerprint density at radius 3 is 0.764 bits per heavy atom. The van der Waals surface area contributed by atoms with Gasteiger partial charge in [0.05, 0.1) is 80.5 Å². The number of hydrogen-bond acceptors (Lipinski definition) is 30. The number of rotatable bonds is 22. The van der Waals surface area contributed by atoms with E-state index in [-0.39, 0.29) is 54.2 Å². The van der Waals surface area contributed by atoms with Crippen LogP contribution < -0.4 is 55.3 Å². The lowest BCUT2D eigenvalue weighted by Crippen LogP contribution is -2.11. The average molecular weight is 1960 g/mol. The maximum atomic E-state index is 13.4. The van der Waals surface area contributed by atoms with Gasteiger partial charge in [-0.2, -0.15) is 24.9 Å². The molecule has 22 rings (SSSR count). The first-order valence-corrected chi connectivity index (χ1v) is 51.0. The number of aromatic nitrogens is 15. The van der Waals surface area contributed by atoms with Crippen molar-refractivity contribution in [2.75, 3.05) is 76.4 Å². The minimum atomic E-state index is -3.77. The number of para-hydroxylation sites is 4. The summed E-state index contributed by atoms with van der Waals surface area (Å²) in [5.41, 5.74) is 39.5. The van der Waals surface area contributed by atoms with Crippen molar-refractivity contribution >= 4 is 163 Å². The van der Waals surface area contributed by atoms with E-state index >= 15 is 0 Å². The molecule has 2 aliphatic carbocycles. The number of hydrogen-bond donors (Lipinski definition) is 10. The normalized spacial score (nSPS) is 12.7. The van der Waals surface area contributed by atoms with Gasteiger partial charge >= 0.3 is 0 Å². The van der Waals surface area contributed by atoms with E-state index in [1.807, 2.05) is 85.8 Å². The SMILES string of the molecule is CNc1cc(-c2cccc3c2ccn3S(=O)(=O)c2ccccc2)nc(N)n1.CNc1cc(-c2cn(S(=O)(=O)c3ccccc3)c3ccccc23)nc(N)n1.CNc1cc(-c2cn(S(=O)(=O)c3ccccc3)c3ccccc23)nc(N)n1.Cc1ccc(S(=O)(=O)n2cc(-c3cc(NC4CC4)nc(N)n3)c3ccccc32)cc1.Nc1nc(NC2CC2)cc(-c2cn(S(=O)(=O)c3ccccc3)c3ccccc23)n1. The fraction of sp³-hybridized carbons (Fsp3) is 0.100. The van der Waals surface area contributed by atoms with Gasteiger partial charge < -0.3 is 55.3 Å². The molecule has 0 spiro atoms. The third-order valence-electron chi connectivity index (χ3n) is 22.9. The molecule has 0 radical (unpaired) electrons. The van der Waals surface area contributed by atoms with Crippen LogP contribution in [0.4, 0.5) is 58.8 Å². The highest BCUT2D eigenvalue weighted by atomic mass is 32.2. The van der Waals surface area contributed by atoms with Crippen molar-refractivity contribution in [2.24, 2.45) is 0 Å². The summed E-state index contributed by atoms with van der Waals surface area (Å²) in [7, 11) is -13.5. The molecule has 10 aromatic carbocycles. The van der Waals surface area contributed by atoms with Crippen LogP contribution in [-0.4, -0.2) is 145 Å². The number of anilines is 10. The molecule has 2 saturated carbocycles. The molecule has 706 valence electrons. The van der Waals surface area contributed by atoms with Crippen LogP contribution in [-0.2, 0) is 50.1 Å². The van der Waals surface area contributed by atoms with Gasteiger partial charge in [0.1, 0.15) is 29.1 Å². The molecule has 15 N–H and O–H groups in total. The second kappa shape index (κ2) is 38.7. The van der Waals surface area contributed by atoms with Gasteiger partial charge in [-0.05, 0) is 130 Å². The van der Waals surface area contributed by atoms with Gasteiger partial charge in [0.15, 0.2) is 0 Å². The van der Waals surface area contributed by atoms with Gasteiger partial charge in [-0.15, -0.1) is 0 Å². The zero-order valence-corrected chi connectivity index (χ0v) is 79.5. The molecule has 0 bridgehead atoms. The predicted octanol–water partition coefficient (Wildman–Crippen LogP) is 16.2. The quantitative estimate of drug-likeness (QED) is 0.0301. The Bertz CT molecular complexity index is 8510. The molecule has 20 aromatic rings. The summed E-state index contributed by atoms with van der Waals surface area (Å²) in [4.78, 5) is 43.6. The average Bonchev–Trinajstić information content (AvgIpc) is 1.61. The van der Waals surface area contributed by atoms with Crippen molar-refractivity contribution in [3.63, 3.8) is 0 Å². The highest BCUT2D eigenvalue weighted by Gasteiger charge is 2.31. The number of nitrogens with zero attached hydrogens (tertiary/aromatic N) is 15. The highest BCUT2D eigenvalue weighted by Crippen LogP contribution is 2.41. The predicted molar refractivity (Wildman–Crippen MR) is 549 cm³/mol. The van der Waals surface area contributed by atoms with Gasteiger partial charge in [0.2, 0.25) is 29.7 Å². The van der Waals surface area contributed by atoms with Crippen LogP contribution in [0.5, 0.6) is 0 Å². The molecule has 140 heavy (non-hydrogen) atoms. The Labute approximate surface area is 805 Å². The molecule has 0 amide bonds. The number of benzene rings is 10. The lowest BCUT2D eigenvalue weighted by molar-refractivity contribution is 0.587. The summed E-state index contributed by atoms with van der Waals surface area (Å²) >= 11 is 0. The Morgan fingerprint density at radius 1 is 0.250 bits per heavy atom. The molecule has 40 heteroatoms. The lowest BCUT2D eigenvalue weighted by atomic mass is 10.1. The monoisotopic (exact) mass is 1960 g/mol. The van der Waals surface area contributed by atoms with Crippen molar-refractivity contribution in [1.29, 1.82) is 0 Å². The van der Waals surface area contributed by atoms with Crippen LogP contribution in [0, 0.1) is 6.92 Å². The Morgan fingerprint density at radius 2 is 0.479 bits per heavy atom. The van der Waals surface area contributed by atoms with E-state index in [1.54, 1.807) is 271 Å². The summed E-state index contributed by atoms with van der Waals surface area (Å²) in [6.07, 6.45) is 12.4. The fourth-order valence-electron chi connectivity index (χ4n) is 15.9. The number of nitrogens with one attached hydrogen (secondary N) is 5. The summed E-state index contributed by atoms with van der Waals surface area (Å²) < 4.78 is 139. The highest BCUT2D eigenvalue weighted by molar-refractivity contribution is 7.91. The molecule has 0 unspecified atom stereocenters.